The number of ether oxygens (including phenoxy) is 1. The number of carbonyl (C=O) groups is 1. The third kappa shape index (κ3) is 3.95. The number of carbonyl (C=O) groups excluding carboxylic acids is 1. The molecule has 2 rings (SSSR count). The Morgan fingerprint density at radius 3 is 2.76 bits per heavy atom. The highest BCUT2D eigenvalue weighted by atomic mass is 32.2. The standard InChI is InChI=1S/C15H16N2O3S/c1-9-4-5-11(13(6-9)20-3)12(18)8-21-15-16-10(2)7-14(19)17-15/h4-7H,8H2,1-3H3,(H,16,17,19). The first-order chi connectivity index (χ1) is 9.99. The number of Topliss-reactive ketones (excluding diaryl/α,β-unsaturated/α-hetero) is 1. The summed E-state index contributed by atoms with van der Waals surface area (Å²) in [5.41, 5.74) is 1.97. The van der Waals surface area contributed by atoms with Crippen molar-refractivity contribution in [3.05, 3.63) is 51.4 Å². The maximum atomic E-state index is 12.3. The number of rotatable bonds is 5. The van der Waals surface area contributed by atoms with Gasteiger partial charge in [0.2, 0.25) is 0 Å². The Kier molecular flexibility index (Phi) is 4.80. The summed E-state index contributed by atoms with van der Waals surface area (Å²) in [6, 6.07) is 6.86. The maximum Gasteiger partial charge on any atom is 0.251 e. The first kappa shape index (κ1) is 15.3. The van der Waals surface area contributed by atoms with Crippen LogP contribution < -0.4 is 10.3 Å². The molecule has 0 fully saturated rings. The lowest BCUT2D eigenvalue weighted by Crippen LogP contribution is -2.10. The number of nitrogens with zero attached hydrogens (tertiary/aromatic N) is 1. The fourth-order valence-electron chi connectivity index (χ4n) is 1.86. The van der Waals surface area contributed by atoms with E-state index in [1.54, 1.807) is 13.0 Å². The van der Waals surface area contributed by atoms with Gasteiger partial charge in [-0.25, -0.2) is 4.98 Å². The lowest BCUT2D eigenvalue weighted by atomic mass is 10.1. The van der Waals surface area contributed by atoms with Crippen LogP contribution in [0.4, 0.5) is 0 Å². The number of nitrogens with one attached hydrogen (secondary N) is 1. The number of hydrogen-bond acceptors (Lipinski definition) is 5. The van der Waals surface area contributed by atoms with Gasteiger partial charge in [0.1, 0.15) is 5.75 Å². The average Bonchev–Trinajstić information content (AvgIpc) is 2.43. The van der Waals surface area contributed by atoms with Crippen molar-refractivity contribution >= 4 is 17.5 Å². The number of methoxy groups -OCH3 is 1. The van der Waals surface area contributed by atoms with E-state index >= 15 is 0 Å². The SMILES string of the molecule is COc1cc(C)ccc1C(=O)CSc1nc(C)cc(=O)[nH]1. The molecule has 1 aromatic carbocycles. The van der Waals surface area contributed by atoms with Crippen molar-refractivity contribution in [1.82, 2.24) is 9.97 Å². The first-order valence-corrected chi connectivity index (χ1v) is 7.37. The quantitative estimate of drug-likeness (QED) is 0.521. The van der Waals surface area contributed by atoms with Crippen LogP contribution in [-0.4, -0.2) is 28.6 Å². The molecule has 1 heterocycles. The zero-order valence-corrected chi connectivity index (χ0v) is 12.9. The van der Waals surface area contributed by atoms with Gasteiger partial charge >= 0.3 is 0 Å². The molecule has 0 atom stereocenters. The summed E-state index contributed by atoms with van der Waals surface area (Å²) in [7, 11) is 1.54. The highest BCUT2D eigenvalue weighted by Gasteiger charge is 2.13. The van der Waals surface area contributed by atoms with E-state index in [-0.39, 0.29) is 17.1 Å². The van der Waals surface area contributed by atoms with Gasteiger partial charge in [0.25, 0.3) is 5.56 Å². The first-order valence-electron chi connectivity index (χ1n) is 6.38. The number of H-pyrrole nitrogens is 1. The van der Waals surface area contributed by atoms with Gasteiger partial charge in [-0.1, -0.05) is 17.8 Å². The fourth-order valence-corrected chi connectivity index (χ4v) is 2.67. The van der Waals surface area contributed by atoms with E-state index < -0.39 is 0 Å². The Balaban J connectivity index is 2.13. The monoisotopic (exact) mass is 304 g/mol. The number of thioether (sulfide) groups is 1. The third-order valence-corrected chi connectivity index (χ3v) is 3.72. The Hall–Kier alpha value is -2.08. The third-order valence-electron chi connectivity index (χ3n) is 2.85. The van der Waals surface area contributed by atoms with E-state index in [1.165, 1.54) is 24.9 Å². The van der Waals surface area contributed by atoms with Crippen LogP contribution in [0.5, 0.6) is 5.75 Å². The van der Waals surface area contributed by atoms with Crippen molar-refractivity contribution in [3.8, 4) is 5.75 Å². The number of hydrogen-bond donors (Lipinski definition) is 1. The topological polar surface area (TPSA) is 72.0 Å². The van der Waals surface area contributed by atoms with Crippen LogP contribution in [0.25, 0.3) is 0 Å². The minimum Gasteiger partial charge on any atom is -0.496 e. The summed E-state index contributed by atoms with van der Waals surface area (Å²) in [5, 5.41) is 0.444. The highest BCUT2D eigenvalue weighted by Crippen LogP contribution is 2.23. The van der Waals surface area contributed by atoms with Gasteiger partial charge in [0, 0.05) is 11.8 Å². The van der Waals surface area contributed by atoms with Crippen molar-refractivity contribution in [1.29, 1.82) is 0 Å². The lowest BCUT2D eigenvalue weighted by Gasteiger charge is -2.08. The second-order valence-electron chi connectivity index (χ2n) is 4.61. The van der Waals surface area contributed by atoms with E-state index in [9.17, 15) is 9.59 Å². The van der Waals surface area contributed by atoms with Gasteiger partial charge in [0.15, 0.2) is 10.9 Å². The van der Waals surface area contributed by atoms with E-state index in [4.69, 9.17) is 4.74 Å². The van der Waals surface area contributed by atoms with Crippen molar-refractivity contribution in [2.24, 2.45) is 0 Å². The largest absolute Gasteiger partial charge is 0.496 e. The lowest BCUT2D eigenvalue weighted by molar-refractivity contribution is 0.101. The maximum absolute atomic E-state index is 12.3. The van der Waals surface area contributed by atoms with Gasteiger partial charge < -0.3 is 9.72 Å². The molecule has 110 valence electrons. The summed E-state index contributed by atoms with van der Waals surface area (Å²) in [6.07, 6.45) is 0. The van der Waals surface area contributed by atoms with Crippen molar-refractivity contribution in [2.75, 3.05) is 12.9 Å². The molecule has 0 amide bonds. The number of aromatic amines is 1. The van der Waals surface area contributed by atoms with Crippen LogP contribution in [0.15, 0.2) is 34.2 Å². The van der Waals surface area contributed by atoms with Gasteiger partial charge in [-0.05, 0) is 31.5 Å². The molecule has 21 heavy (non-hydrogen) atoms. The molecule has 0 aliphatic heterocycles. The number of aryl methyl sites for hydroxylation is 2. The zero-order chi connectivity index (χ0) is 15.4. The summed E-state index contributed by atoms with van der Waals surface area (Å²) >= 11 is 1.20. The second-order valence-corrected chi connectivity index (χ2v) is 5.57. The van der Waals surface area contributed by atoms with Gasteiger partial charge in [-0.3, -0.25) is 9.59 Å². The molecule has 0 aliphatic rings. The van der Waals surface area contributed by atoms with Crippen LogP contribution >= 0.6 is 11.8 Å². The van der Waals surface area contributed by atoms with Crippen LogP contribution in [-0.2, 0) is 0 Å². The van der Waals surface area contributed by atoms with Gasteiger partial charge in [-0.2, -0.15) is 0 Å². The van der Waals surface area contributed by atoms with Crippen molar-refractivity contribution < 1.29 is 9.53 Å². The fraction of sp³-hybridized carbons (Fsp3) is 0.267. The van der Waals surface area contributed by atoms with Gasteiger partial charge in [-0.15, -0.1) is 0 Å². The summed E-state index contributed by atoms with van der Waals surface area (Å²) in [4.78, 5) is 30.4. The molecule has 0 spiro atoms. The molecule has 5 nitrogen and oxygen atoms in total. The Morgan fingerprint density at radius 2 is 2.10 bits per heavy atom. The molecule has 0 unspecified atom stereocenters. The van der Waals surface area contributed by atoms with Crippen molar-refractivity contribution in [2.45, 2.75) is 19.0 Å². The molecular formula is C15H16N2O3S. The predicted molar refractivity (Wildman–Crippen MR) is 82.4 cm³/mol. The minimum absolute atomic E-state index is 0.0685. The number of aromatic nitrogens is 2. The van der Waals surface area contributed by atoms with E-state index in [0.717, 1.165) is 5.56 Å². The second kappa shape index (κ2) is 6.58. The van der Waals surface area contributed by atoms with Crippen LogP contribution in [0.2, 0.25) is 0 Å². The Morgan fingerprint density at radius 1 is 1.33 bits per heavy atom. The smallest absolute Gasteiger partial charge is 0.251 e. The molecule has 0 bridgehead atoms. The van der Waals surface area contributed by atoms with Crippen LogP contribution in [0.3, 0.4) is 0 Å². The highest BCUT2D eigenvalue weighted by molar-refractivity contribution is 7.99. The van der Waals surface area contributed by atoms with Crippen molar-refractivity contribution in [3.63, 3.8) is 0 Å². The summed E-state index contributed by atoms with van der Waals surface area (Å²) < 4.78 is 5.23. The molecule has 0 saturated carbocycles. The van der Waals surface area contributed by atoms with E-state index in [2.05, 4.69) is 9.97 Å². The van der Waals surface area contributed by atoms with E-state index in [0.29, 0.717) is 22.2 Å². The summed E-state index contributed by atoms with van der Waals surface area (Å²) in [6.45, 7) is 3.68. The Bertz CT molecular complexity index is 725. The van der Waals surface area contributed by atoms with Crippen LogP contribution in [0, 0.1) is 13.8 Å². The predicted octanol–water partition coefficient (Wildman–Crippen LogP) is 2.37. The minimum atomic E-state index is -0.217. The van der Waals surface area contributed by atoms with Gasteiger partial charge in [0.05, 0.1) is 18.4 Å². The number of ketones is 1. The summed E-state index contributed by atoms with van der Waals surface area (Å²) in [5.74, 6) is 0.679. The zero-order valence-electron chi connectivity index (χ0n) is 12.1. The molecule has 6 heteroatoms. The molecule has 1 aromatic heterocycles. The molecule has 0 radical (unpaired) electrons. The molecular weight excluding hydrogens is 288 g/mol. The van der Waals surface area contributed by atoms with E-state index in [1.807, 2.05) is 19.1 Å². The molecule has 0 aliphatic carbocycles. The number of benzene rings is 1. The molecule has 1 N–H and O–H groups in total. The molecule has 2 aromatic rings. The normalized spacial score (nSPS) is 10.4. The Labute approximate surface area is 126 Å². The average molecular weight is 304 g/mol. The molecule has 0 saturated heterocycles. The van der Waals surface area contributed by atoms with Crippen LogP contribution in [0.1, 0.15) is 21.6 Å².